The standard InChI is InChI=1S/C5H3ClN4O2S/c6-13(11,12)5-4-9-8-3-10(4)2-1-7-5/h1-3H. The lowest BCUT2D eigenvalue weighted by molar-refractivity contribution is 0.606. The summed E-state index contributed by atoms with van der Waals surface area (Å²) in [7, 11) is 1.26. The molecule has 2 rings (SSSR count). The molecule has 0 fully saturated rings. The quantitative estimate of drug-likeness (QED) is 0.632. The molecule has 0 saturated carbocycles. The fourth-order valence-corrected chi connectivity index (χ4v) is 1.78. The molecule has 2 aromatic rings. The molecule has 0 atom stereocenters. The van der Waals surface area contributed by atoms with E-state index < -0.39 is 9.05 Å². The third-order valence-corrected chi connectivity index (χ3v) is 2.60. The van der Waals surface area contributed by atoms with E-state index in [0.717, 1.165) is 0 Å². The van der Waals surface area contributed by atoms with Crippen molar-refractivity contribution in [2.75, 3.05) is 0 Å². The average Bonchev–Trinajstić information content (AvgIpc) is 2.48. The molecule has 0 aliphatic heterocycles. The Hall–Kier alpha value is -1.21. The third-order valence-electron chi connectivity index (χ3n) is 1.41. The Kier molecular flexibility index (Phi) is 1.70. The Labute approximate surface area is 77.6 Å². The van der Waals surface area contributed by atoms with E-state index in [4.69, 9.17) is 10.7 Å². The van der Waals surface area contributed by atoms with E-state index in [1.165, 1.54) is 23.1 Å². The molecule has 2 heterocycles. The SMILES string of the molecule is O=S(=O)(Cl)c1nccn2cnnc12. The predicted molar refractivity (Wildman–Crippen MR) is 43.8 cm³/mol. The highest BCUT2D eigenvalue weighted by molar-refractivity contribution is 8.13. The van der Waals surface area contributed by atoms with Gasteiger partial charge in [0, 0.05) is 23.1 Å². The highest BCUT2D eigenvalue weighted by Gasteiger charge is 2.17. The topological polar surface area (TPSA) is 77.2 Å². The number of hydrogen-bond donors (Lipinski definition) is 0. The van der Waals surface area contributed by atoms with Gasteiger partial charge in [0.1, 0.15) is 6.33 Å². The van der Waals surface area contributed by atoms with E-state index in [2.05, 4.69) is 15.2 Å². The molecule has 0 aliphatic carbocycles. The van der Waals surface area contributed by atoms with Crippen molar-refractivity contribution in [1.29, 1.82) is 0 Å². The number of hydrogen-bond acceptors (Lipinski definition) is 5. The zero-order chi connectivity index (χ0) is 9.47. The van der Waals surface area contributed by atoms with Crippen LogP contribution in [0.5, 0.6) is 0 Å². The highest BCUT2D eigenvalue weighted by Crippen LogP contribution is 2.15. The molecule has 0 aliphatic rings. The minimum Gasteiger partial charge on any atom is -0.285 e. The van der Waals surface area contributed by atoms with Crippen molar-refractivity contribution in [2.45, 2.75) is 5.03 Å². The average molecular weight is 219 g/mol. The summed E-state index contributed by atoms with van der Waals surface area (Å²) >= 11 is 0. The van der Waals surface area contributed by atoms with Crippen LogP contribution in [-0.2, 0) is 9.05 Å². The van der Waals surface area contributed by atoms with Crippen LogP contribution in [0.15, 0.2) is 23.7 Å². The lowest BCUT2D eigenvalue weighted by Crippen LogP contribution is -1.99. The largest absolute Gasteiger partial charge is 0.285 e. The van der Waals surface area contributed by atoms with Crippen LogP contribution in [0.25, 0.3) is 5.65 Å². The van der Waals surface area contributed by atoms with Crippen molar-refractivity contribution in [3.63, 3.8) is 0 Å². The summed E-state index contributed by atoms with van der Waals surface area (Å²) in [6, 6.07) is 0. The first-order valence-electron chi connectivity index (χ1n) is 3.18. The Morgan fingerprint density at radius 2 is 2.23 bits per heavy atom. The maximum Gasteiger partial charge on any atom is 0.282 e. The highest BCUT2D eigenvalue weighted by atomic mass is 35.7. The maximum absolute atomic E-state index is 11.0. The molecule has 0 unspecified atom stereocenters. The van der Waals surface area contributed by atoms with E-state index in [1.54, 1.807) is 0 Å². The first-order chi connectivity index (χ1) is 6.09. The maximum atomic E-state index is 11.0. The molecule has 6 nitrogen and oxygen atoms in total. The van der Waals surface area contributed by atoms with Crippen LogP contribution in [0.2, 0.25) is 0 Å². The molecular weight excluding hydrogens is 216 g/mol. The van der Waals surface area contributed by atoms with E-state index in [-0.39, 0.29) is 10.7 Å². The summed E-state index contributed by atoms with van der Waals surface area (Å²) in [6.07, 6.45) is 4.20. The molecule has 0 aromatic carbocycles. The smallest absolute Gasteiger partial charge is 0.282 e. The molecule has 2 aromatic heterocycles. The van der Waals surface area contributed by atoms with E-state index in [0.29, 0.717) is 0 Å². The minimum atomic E-state index is -3.86. The summed E-state index contributed by atoms with van der Waals surface area (Å²) in [6.45, 7) is 0. The second-order valence-corrected chi connectivity index (χ2v) is 4.71. The monoisotopic (exact) mass is 218 g/mol. The van der Waals surface area contributed by atoms with Crippen molar-refractivity contribution >= 4 is 25.4 Å². The van der Waals surface area contributed by atoms with Gasteiger partial charge in [0.15, 0.2) is 5.65 Å². The van der Waals surface area contributed by atoms with E-state index >= 15 is 0 Å². The second kappa shape index (κ2) is 2.64. The second-order valence-electron chi connectivity index (χ2n) is 2.23. The van der Waals surface area contributed by atoms with Gasteiger partial charge in [0.2, 0.25) is 5.03 Å². The molecule has 68 valence electrons. The molecule has 0 N–H and O–H groups in total. The fraction of sp³-hybridized carbons (Fsp3) is 0. The van der Waals surface area contributed by atoms with Gasteiger partial charge in [0.05, 0.1) is 0 Å². The van der Waals surface area contributed by atoms with Crippen LogP contribution < -0.4 is 0 Å². The van der Waals surface area contributed by atoms with Crippen molar-refractivity contribution in [2.24, 2.45) is 0 Å². The van der Waals surface area contributed by atoms with Gasteiger partial charge in [-0.2, -0.15) is 0 Å². The molecule has 0 amide bonds. The lowest BCUT2D eigenvalue weighted by Gasteiger charge is -1.95. The molecule has 13 heavy (non-hydrogen) atoms. The van der Waals surface area contributed by atoms with Gasteiger partial charge in [-0.15, -0.1) is 10.2 Å². The van der Waals surface area contributed by atoms with Crippen LogP contribution >= 0.6 is 10.7 Å². The lowest BCUT2D eigenvalue weighted by atomic mass is 10.7. The fourth-order valence-electron chi connectivity index (χ4n) is 0.907. The molecule has 8 heteroatoms. The normalized spacial score (nSPS) is 12.1. The molecular formula is C5H3ClN4O2S. The number of nitrogens with zero attached hydrogens (tertiary/aromatic N) is 4. The van der Waals surface area contributed by atoms with Crippen LogP contribution in [-0.4, -0.2) is 28.0 Å². The molecule has 0 saturated heterocycles. The first kappa shape index (κ1) is 8.39. The number of fused-ring (bicyclic) bond motifs is 1. The van der Waals surface area contributed by atoms with Gasteiger partial charge in [-0.3, -0.25) is 4.40 Å². The third kappa shape index (κ3) is 1.36. The molecule has 0 spiro atoms. The van der Waals surface area contributed by atoms with Gasteiger partial charge < -0.3 is 0 Å². The van der Waals surface area contributed by atoms with E-state index in [9.17, 15) is 8.42 Å². The van der Waals surface area contributed by atoms with E-state index in [1.807, 2.05) is 0 Å². The Morgan fingerprint density at radius 3 is 2.92 bits per heavy atom. The molecule has 0 radical (unpaired) electrons. The minimum absolute atomic E-state index is 0.123. The summed E-state index contributed by atoms with van der Waals surface area (Å²) < 4.78 is 23.4. The van der Waals surface area contributed by atoms with Crippen molar-refractivity contribution < 1.29 is 8.42 Å². The number of aromatic nitrogens is 4. The summed E-state index contributed by atoms with van der Waals surface area (Å²) in [5.41, 5.74) is 0.123. The Balaban J connectivity index is 2.91. The van der Waals surface area contributed by atoms with Crippen LogP contribution in [0, 0.1) is 0 Å². The van der Waals surface area contributed by atoms with Gasteiger partial charge in [-0.25, -0.2) is 13.4 Å². The predicted octanol–water partition coefficient (Wildman–Crippen LogP) is 0.0518. The summed E-state index contributed by atoms with van der Waals surface area (Å²) in [4.78, 5) is 3.61. The van der Waals surface area contributed by atoms with Crippen LogP contribution in [0.1, 0.15) is 0 Å². The van der Waals surface area contributed by atoms with Gasteiger partial charge >= 0.3 is 0 Å². The summed E-state index contributed by atoms with van der Waals surface area (Å²) in [5.74, 6) is 0. The first-order valence-corrected chi connectivity index (χ1v) is 5.49. The van der Waals surface area contributed by atoms with Gasteiger partial charge in [-0.05, 0) is 0 Å². The zero-order valence-electron chi connectivity index (χ0n) is 6.12. The number of rotatable bonds is 1. The number of halogens is 1. The van der Waals surface area contributed by atoms with Crippen molar-refractivity contribution in [3.8, 4) is 0 Å². The van der Waals surface area contributed by atoms with Crippen molar-refractivity contribution in [3.05, 3.63) is 18.7 Å². The van der Waals surface area contributed by atoms with Gasteiger partial charge in [0.25, 0.3) is 9.05 Å². The van der Waals surface area contributed by atoms with Crippen LogP contribution in [0.4, 0.5) is 0 Å². The van der Waals surface area contributed by atoms with Crippen LogP contribution in [0.3, 0.4) is 0 Å². The molecule has 0 bridgehead atoms. The Morgan fingerprint density at radius 1 is 1.46 bits per heavy atom. The zero-order valence-corrected chi connectivity index (χ0v) is 7.70. The van der Waals surface area contributed by atoms with Crippen molar-refractivity contribution in [1.82, 2.24) is 19.6 Å². The van der Waals surface area contributed by atoms with Gasteiger partial charge in [-0.1, -0.05) is 0 Å². The summed E-state index contributed by atoms with van der Waals surface area (Å²) in [5, 5.41) is 6.81. The Bertz CT molecular complexity index is 548.